The van der Waals surface area contributed by atoms with Crippen LogP contribution in [0.1, 0.15) is 68.2 Å². The van der Waals surface area contributed by atoms with E-state index in [1.807, 2.05) is 40.7 Å². The molecule has 0 radical (unpaired) electrons. The minimum absolute atomic E-state index is 0.0611. The molecule has 0 aromatic rings. The van der Waals surface area contributed by atoms with Crippen LogP contribution in [0.5, 0.6) is 0 Å². The first kappa shape index (κ1) is 27.7. The maximum absolute atomic E-state index is 13.2. The van der Waals surface area contributed by atoms with Crippen LogP contribution in [0.25, 0.3) is 0 Å². The molecule has 11 heteroatoms. The zero-order valence-corrected chi connectivity index (χ0v) is 24.2. The van der Waals surface area contributed by atoms with Crippen molar-refractivity contribution in [3.8, 4) is 0 Å². The second-order valence-corrected chi connectivity index (χ2v) is 13.5. The predicted octanol–water partition coefficient (Wildman–Crippen LogP) is 2.79. The van der Waals surface area contributed by atoms with Crippen LogP contribution >= 0.6 is 0 Å². The summed E-state index contributed by atoms with van der Waals surface area (Å²) in [5, 5.41) is 0. The summed E-state index contributed by atoms with van der Waals surface area (Å²) in [6.07, 6.45) is 2.50. The van der Waals surface area contributed by atoms with Crippen LogP contribution in [0.2, 0.25) is 0 Å². The van der Waals surface area contributed by atoms with Crippen molar-refractivity contribution in [2.24, 2.45) is 34.5 Å². The SMILES string of the molecule is CC(=O)O[C@H]1C[C@H](C)[C@@]23C[C@@]4(C)[C@@H](C)[C@H]5C(=O)O[C@@](C)(OC4(OC[C@@]24C=CC(=O)OC(C)(C)[C@H]14)O3)[C@H]5OC(C)=O. The number of cyclic esters (lactones) is 1. The van der Waals surface area contributed by atoms with E-state index >= 15 is 0 Å². The molecule has 40 heavy (non-hydrogen) atoms. The average Bonchev–Trinajstić information content (AvgIpc) is 3.10. The van der Waals surface area contributed by atoms with Crippen molar-refractivity contribution >= 4 is 23.9 Å². The first-order valence-electron chi connectivity index (χ1n) is 14.0. The fourth-order valence-electron chi connectivity index (χ4n) is 9.14. The molecule has 220 valence electrons. The van der Waals surface area contributed by atoms with Gasteiger partial charge < -0.3 is 28.4 Å². The third-order valence-electron chi connectivity index (χ3n) is 10.8. The Bertz CT molecular complexity index is 1230. The highest BCUT2D eigenvalue weighted by Gasteiger charge is 2.84. The molecule has 0 amide bonds. The lowest BCUT2D eigenvalue weighted by molar-refractivity contribution is -0.505. The summed E-state index contributed by atoms with van der Waals surface area (Å²) in [7, 11) is 0. The number of carbonyl (C=O) groups excluding carboxylic acids is 4. The standard InChI is InChI=1S/C29H38O11/c1-14-11-18(35-16(3)30)21-24(5,6)37-19(32)9-10-27(21)13-34-29-25(7,12-28(14,27)40-29)15(2)20-22(36-17(4)31)26(8,39-29)38-23(20)33/h9-10,14-15,18,20-22H,11-13H2,1-8H3/t14-,15-,18-,20+,21-,22-,25-,26-,27+,28-,29?/m0/s1. The van der Waals surface area contributed by atoms with Crippen molar-refractivity contribution in [3.63, 3.8) is 0 Å². The quantitative estimate of drug-likeness (QED) is 0.363. The second kappa shape index (κ2) is 8.07. The number of hydrogen-bond acceptors (Lipinski definition) is 11. The van der Waals surface area contributed by atoms with E-state index in [1.54, 1.807) is 6.92 Å². The van der Waals surface area contributed by atoms with Gasteiger partial charge in [-0.25, -0.2) is 4.79 Å². The van der Waals surface area contributed by atoms with Gasteiger partial charge in [0.1, 0.15) is 17.6 Å². The minimum atomic E-state index is -1.65. The maximum Gasteiger partial charge on any atom is 0.330 e. The first-order chi connectivity index (χ1) is 18.5. The highest BCUT2D eigenvalue weighted by Crippen LogP contribution is 2.74. The lowest BCUT2D eigenvalue weighted by Gasteiger charge is -2.63. The Morgan fingerprint density at radius 2 is 1.65 bits per heavy atom. The molecule has 1 saturated carbocycles. The van der Waals surface area contributed by atoms with Gasteiger partial charge in [-0.2, -0.15) is 0 Å². The Morgan fingerprint density at radius 1 is 0.975 bits per heavy atom. The van der Waals surface area contributed by atoms with Crippen molar-refractivity contribution in [3.05, 3.63) is 12.2 Å². The molecule has 1 aliphatic carbocycles. The number of hydrogen-bond donors (Lipinski definition) is 0. The number of rotatable bonds is 2. The fraction of sp³-hybridized carbons (Fsp3) is 0.793. The number of esters is 4. The molecule has 5 fully saturated rings. The predicted molar refractivity (Wildman–Crippen MR) is 134 cm³/mol. The van der Waals surface area contributed by atoms with Crippen molar-refractivity contribution < 1.29 is 52.3 Å². The first-order valence-corrected chi connectivity index (χ1v) is 14.0. The zero-order valence-electron chi connectivity index (χ0n) is 24.2. The number of carbonyl (C=O) groups is 4. The van der Waals surface area contributed by atoms with Gasteiger partial charge in [0, 0.05) is 32.8 Å². The van der Waals surface area contributed by atoms with Crippen molar-refractivity contribution in [2.75, 3.05) is 6.61 Å². The van der Waals surface area contributed by atoms with Gasteiger partial charge in [-0.3, -0.25) is 19.1 Å². The molecule has 0 aromatic heterocycles. The van der Waals surface area contributed by atoms with E-state index in [0.717, 1.165) is 0 Å². The Hall–Kier alpha value is -2.50. The van der Waals surface area contributed by atoms with Gasteiger partial charge in [0.25, 0.3) is 11.8 Å². The van der Waals surface area contributed by atoms with Gasteiger partial charge in [-0.05, 0) is 38.5 Å². The van der Waals surface area contributed by atoms with Crippen molar-refractivity contribution in [1.29, 1.82) is 0 Å². The largest absolute Gasteiger partial charge is 0.462 e. The van der Waals surface area contributed by atoms with Crippen LogP contribution < -0.4 is 0 Å². The number of ether oxygens (including phenoxy) is 7. The van der Waals surface area contributed by atoms with E-state index in [0.29, 0.717) is 12.8 Å². The molecule has 11 nitrogen and oxygen atoms in total. The molecule has 4 saturated heterocycles. The molecule has 6 aliphatic rings. The monoisotopic (exact) mass is 562 g/mol. The van der Waals surface area contributed by atoms with Gasteiger partial charge in [0.05, 0.1) is 23.0 Å². The molecule has 4 bridgehead atoms. The van der Waals surface area contributed by atoms with Gasteiger partial charge in [0.15, 0.2) is 6.10 Å². The minimum Gasteiger partial charge on any atom is -0.462 e. The van der Waals surface area contributed by atoms with Crippen LogP contribution in [0, 0.1) is 34.5 Å². The van der Waals surface area contributed by atoms with Crippen molar-refractivity contribution in [2.45, 2.75) is 103 Å². The lowest BCUT2D eigenvalue weighted by Crippen LogP contribution is -2.72. The summed E-state index contributed by atoms with van der Waals surface area (Å²) in [6, 6.07) is 0. The highest BCUT2D eigenvalue weighted by molar-refractivity contribution is 5.83. The molecule has 3 spiro atoms. The van der Waals surface area contributed by atoms with E-state index in [-0.39, 0.29) is 12.5 Å². The maximum atomic E-state index is 13.2. The van der Waals surface area contributed by atoms with Gasteiger partial charge in [-0.1, -0.05) is 26.8 Å². The zero-order chi connectivity index (χ0) is 29.3. The van der Waals surface area contributed by atoms with Crippen LogP contribution in [0.4, 0.5) is 0 Å². The number of fused-ring (bicyclic) bond motifs is 2. The molecule has 6 rings (SSSR count). The Morgan fingerprint density at radius 3 is 2.30 bits per heavy atom. The molecule has 0 aromatic carbocycles. The smallest absolute Gasteiger partial charge is 0.330 e. The molecule has 5 heterocycles. The highest BCUT2D eigenvalue weighted by atomic mass is 16.9. The Balaban J connectivity index is 1.53. The topological polar surface area (TPSA) is 133 Å². The van der Waals surface area contributed by atoms with E-state index in [9.17, 15) is 19.2 Å². The molecule has 11 atom stereocenters. The summed E-state index contributed by atoms with van der Waals surface area (Å²) in [4.78, 5) is 50.4. The van der Waals surface area contributed by atoms with Crippen molar-refractivity contribution in [1.82, 2.24) is 0 Å². The summed E-state index contributed by atoms with van der Waals surface area (Å²) in [5.41, 5.74) is -3.86. The third-order valence-corrected chi connectivity index (χ3v) is 10.8. The van der Waals surface area contributed by atoms with E-state index in [1.165, 1.54) is 19.9 Å². The molecule has 5 aliphatic heterocycles. The van der Waals surface area contributed by atoms with Crippen LogP contribution in [0.3, 0.4) is 0 Å². The van der Waals surface area contributed by atoms with Crippen LogP contribution in [-0.4, -0.2) is 65.7 Å². The molecular formula is C29H38O11. The van der Waals surface area contributed by atoms with Gasteiger partial charge in [0.2, 0.25) is 0 Å². The van der Waals surface area contributed by atoms with Gasteiger partial charge in [-0.15, -0.1) is 0 Å². The Kier molecular flexibility index (Phi) is 5.58. The second-order valence-electron chi connectivity index (χ2n) is 13.5. The molecular weight excluding hydrogens is 524 g/mol. The third kappa shape index (κ3) is 3.22. The van der Waals surface area contributed by atoms with Gasteiger partial charge >= 0.3 is 23.9 Å². The summed E-state index contributed by atoms with van der Waals surface area (Å²) in [6.45, 7) is 13.8. The molecule has 0 N–H and O–H groups in total. The average molecular weight is 563 g/mol. The summed E-state index contributed by atoms with van der Waals surface area (Å²) < 4.78 is 43.6. The lowest BCUT2D eigenvalue weighted by atomic mass is 9.48. The normalized spacial score (nSPS) is 51.7. The summed E-state index contributed by atoms with van der Waals surface area (Å²) in [5.74, 6) is -7.26. The summed E-state index contributed by atoms with van der Waals surface area (Å²) >= 11 is 0. The van der Waals surface area contributed by atoms with Crippen LogP contribution in [0.15, 0.2) is 12.2 Å². The van der Waals surface area contributed by atoms with E-state index < -0.39 is 87.6 Å². The Labute approximate surface area is 233 Å². The van der Waals surface area contributed by atoms with Crippen LogP contribution in [-0.2, 0) is 52.3 Å². The van der Waals surface area contributed by atoms with E-state index in [2.05, 4.69) is 0 Å². The molecule has 1 unspecified atom stereocenters. The fourth-order valence-corrected chi connectivity index (χ4v) is 9.14. The van der Waals surface area contributed by atoms with E-state index in [4.69, 9.17) is 33.2 Å².